The summed E-state index contributed by atoms with van der Waals surface area (Å²) in [5.41, 5.74) is -4.50. The predicted octanol–water partition coefficient (Wildman–Crippen LogP) is 5.51. The van der Waals surface area contributed by atoms with Crippen LogP contribution in [0.15, 0.2) is 64.5 Å². The Kier molecular flexibility index (Phi) is 6.72. The Morgan fingerprint density at radius 2 is 1.75 bits per heavy atom. The van der Waals surface area contributed by atoms with Gasteiger partial charge in [-0.05, 0) is 30.2 Å². The van der Waals surface area contributed by atoms with Crippen molar-refractivity contribution in [1.82, 2.24) is 15.0 Å². The van der Waals surface area contributed by atoms with E-state index in [1.54, 1.807) is 0 Å². The Bertz CT molecular complexity index is 1460. The summed E-state index contributed by atoms with van der Waals surface area (Å²) in [6.07, 6.45) is -7.07. The molecule has 2 aromatic carbocycles. The second-order valence-corrected chi connectivity index (χ2v) is 7.98. The Morgan fingerprint density at radius 1 is 1.03 bits per heavy atom. The van der Waals surface area contributed by atoms with Gasteiger partial charge in [-0.2, -0.15) is 26.3 Å². The minimum Gasteiger partial charge on any atom is -0.396 e. The lowest BCUT2D eigenvalue weighted by Crippen LogP contribution is -2.12. The van der Waals surface area contributed by atoms with E-state index < -0.39 is 46.0 Å². The van der Waals surface area contributed by atoms with Crippen LogP contribution in [0.2, 0.25) is 0 Å². The van der Waals surface area contributed by atoms with Crippen LogP contribution in [-0.4, -0.2) is 32.9 Å². The van der Waals surface area contributed by atoms with E-state index in [1.807, 2.05) is 30.3 Å². The molecular formula is C24H18F6N4O2. The van der Waals surface area contributed by atoms with Crippen molar-refractivity contribution in [3.8, 4) is 11.4 Å². The zero-order valence-electron chi connectivity index (χ0n) is 18.3. The molecule has 0 spiro atoms. The summed E-state index contributed by atoms with van der Waals surface area (Å²) in [6.45, 7) is -0.267. The van der Waals surface area contributed by atoms with Crippen molar-refractivity contribution in [2.75, 3.05) is 6.61 Å². The molecular weight excluding hydrogens is 490 g/mol. The second-order valence-electron chi connectivity index (χ2n) is 7.98. The van der Waals surface area contributed by atoms with Gasteiger partial charge in [0.1, 0.15) is 16.9 Å². The maximum Gasteiger partial charge on any atom is 0.418 e. The summed E-state index contributed by atoms with van der Waals surface area (Å²) < 4.78 is 80.3. The van der Waals surface area contributed by atoms with Gasteiger partial charge in [-0.15, -0.1) is 0 Å². The number of aliphatic hydroxyl groups excluding tert-OH is 1. The molecule has 36 heavy (non-hydrogen) atoms. The number of nitrogens with zero attached hydrogens (tertiary/aromatic N) is 2. The summed E-state index contributed by atoms with van der Waals surface area (Å²) in [6, 6.07) is 11.1. The number of hydrogen-bond donors (Lipinski definition) is 3. The van der Waals surface area contributed by atoms with Gasteiger partial charge in [-0.3, -0.25) is 9.79 Å². The van der Waals surface area contributed by atoms with E-state index in [4.69, 9.17) is 0 Å². The lowest BCUT2D eigenvalue weighted by Gasteiger charge is -2.11. The first-order chi connectivity index (χ1) is 17.0. The number of H-pyrrole nitrogens is 2. The number of aliphatic imine (C=N–C) groups is 1. The van der Waals surface area contributed by atoms with Gasteiger partial charge in [0.15, 0.2) is 0 Å². The molecule has 2 aromatic heterocycles. The number of aromatic nitrogens is 3. The molecule has 0 aliphatic heterocycles. The molecule has 0 fully saturated rings. The van der Waals surface area contributed by atoms with E-state index in [0.29, 0.717) is 12.5 Å². The highest BCUT2D eigenvalue weighted by atomic mass is 19.4. The Morgan fingerprint density at radius 3 is 2.39 bits per heavy atom. The smallest absolute Gasteiger partial charge is 0.396 e. The number of benzene rings is 2. The number of fused-ring (bicyclic) bond motifs is 1. The van der Waals surface area contributed by atoms with Crippen LogP contribution < -0.4 is 5.56 Å². The first-order valence-corrected chi connectivity index (χ1v) is 10.6. The monoisotopic (exact) mass is 508 g/mol. The third-order valence-electron chi connectivity index (χ3n) is 5.39. The predicted molar refractivity (Wildman–Crippen MR) is 121 cm³/mol. The maximum absolute atomic E-state index is 13.5. The minimum atomic E-state index is -5.12. The number of pyridine rings is 1. The third-order valence-corrected chi connectivity index (χ3v) is 5.39. The zero-order valence-corrected chi connectivity index (χ0v) is 18.3. The molecule has 12 heteroatoms. The fraction of sp³-hybridized carbons (Fsp3) is 0.208. The van der Waals surface area contributed by atoms with Gasteiger partial charge in [-0.25, -0.2) is 4.98 Å². The Hall–Kier alpha value is -3.93. The summed E-state index contributed by atoms with van der Waals surface area (Å²) >= 11 is 0. The summed E-state index contributed by atoms with van der Waals surface area (Å²) in [5, 5.41) is 9.72. The van der Waals surface area contributed by atoms with Crippen LogP contribution >= 0.6 is 0 Å². The molecule has 0 bridgehead atoms. The number of aliphatic hydroxyl groups is 1. The van der Waals surface area contributed by atoms with E-state index in [-0.39, 0.29) is 29.7 Å². The molecule has 188 valence electrons. The summed E-state index contributed by atoms with van der Waals surface area (Å²) in [7, 11) is 0. The molecule has 2 heterocycles. The standard InChI is InChI=1S/C24H18F6N4O2/c25-23(26,27)15-9-16(24(28,29)30)20-18(10-15)33-21(34-20)19-17(6-7-31-22(19)36)32-11-14(12-35)8-13-4-2-1-3-5-13/h1-7,9-11,14,35H,8,12H2,(H,31,36)(H,33,34). The molecule has 0 saturated heterocycles. The van der Waals surface area contributed by atoms with Crippen molar-refractivity contribution < 1.29 is 31.4 Å². The topological polar surface area (TPSA) is 94.1 Å². The van der Waals surface area contributed by atoms with E-state index in [2.05, 4.69) is 19.9 Å². The molecule has 0 saturated carbocycles. The Balaban J connectivity index is 1.79. The third kappa shape index (κ3) is 5.33. The van der Waals surface area contributed by atoms with Crippen LogP contribution in [0, 0.1) is 5.92 Å². The molecule has 0 aliphatic carbocycles. The number of halogens is 6. The van der Waals surface area contributed by atoms with Gasteiger partial charge in [0.2, 0.25) is 0 Å². The second kappa shape index (κ2) is 9.61. The van der Waals surface area contributed by atoms with E-state index in [9.17, 15) is 36.2 Å². The van der Waals surface area contributed by atoms with Gasteiger partial charge in [-0.1, -0.05) is 30.3 Å². The van der Waals surface area contributed by atoms with Crippen molar-refractivity contribution >= 4 is 22.9 Å². The molecule has 1 unspecified atom stereocenters. The molecule has 0 amide bonds. The number of nitrogens with one attached hydrogen (secondary N) is 2. The number of hydrogen-bond acceptors (Lipinski definition) is 4. The highest BCUT2D eigenvalue weighted by molar-refractivity contribution is 5.86. The number of aromatic amines is 2. The number of rotatable bonds is 6. The van der Waals surface area contributed by atoms with Crippen molar-refractivity contribution in [3.63, 3.8) is 0 Å². The lowest BCUT2D eigenvalue weighted by atomic mass is 10.0. The molecule has 4 aromatic rings. The maximum atomic E-state index is 13.5. The van der Waals surface area contributed by atoms with E-state index >= 15 is 0 Å². The molecule has 0 aliphatic rings. The molecule has 0 radical (unpaired) electrons. The van der Waals surface area contributed by atoms with Crippen molar-refractivity contribution in [1.29, 1.82) is 0 Å². The minimum absolute atomic E-state index is 0.00826. The average molecular weight is 508 g/mol. The van der Waals surface area contributed by atoms with Gasteiger partial charge >= 0.3 is 12.4 Å². The van der Waals surface area contributed by atoms with Crippen LogP contribution in [0.3, 0.4) is 0 Å². The van der Waals surface area contributed by atoms with E-state index in [0.717, 1.165) is 5.56 Å². The molecule has 6 nitrogen and oxygen atoms in total. The highest BCUT2D eigenvalue weighted by Gasteiger charge is 2.39. The zero-order chi connectivity index (χ0) is 26.1. The summed E-state index contributed by atoms with van der Waals surface area (Å²) in [5.74, 6) is -0.825. The highest BCUT2D eigenvalue weighted by Crippen LogP contribution is 2.40. The van der Waals surface area contributed by atoms with Crippen LogP contribution in [0.5, 0.6) is 0 Å². The quantitative estimate of drug-likeness (QED) is 0.237. The van der Waals surface area contributed by atoms with E-state index in [1.165, 1.54) is 18.5 Å². The first kappa shape index (κ1) is 25.2. The van der Waals surface area contributed by atoms with Crippen LogP contribution in [0.4, 0.5) is 32.0 Å². The van der Waals surface area contributed by atoms with Gasteiger partial charge in [0, 0.05) is 18.3 Å². The number of alkyl halides is 6. The first-order valence-electron chi connectivity index (χ1n) is 10.6. The van der Waals surface area contributed by atoms with Crippen LogP contribution in [0.1, 0.15) is 16.7 Å². The average Bonchev–Trinajstić information content (AvgIpc) is 3.24. The van der Waals surface area contributed by atoms with Crippen LogP contribution in [-0.2, 0) is 18.8 Å². The fourth-order valence-corrected chi connectivity index (χ4v) is 3.69. The SMILES string of the molecule is O=c1[nH]ccc(N=CC(CO)Cc2ccccc2)c1-c1nc2c(C(F)(F)F)cc(C(F)(F)F)cc2[nH]1. The summed E-state index contributed by atoms with van der Waals surface area (Å²) in [4.78, 5) is 25.4. The lowest BCUT2D eigenvalue weighted by molar-refractivity contribution is -0.142. The van der Waals surface area contributed by atoms with Gasteiger partial charge in [0.05, 0.1) is 28.9 Å². The molecule has 3 N–H and O–H groups in total. The van der Waals surface area contributed by atoms with Gasteiger partial charge < -0.3 is 15.1 Å². The Labute approximate surface area is 199 Å². The molecule has 4 rings (SSSR count). The van der Waals surface area contributed by atoms with Crippen molar-refractivity contribution in [3.05, 3.63) is 81.8 Å². The largest absolute Gasteiger partial charge is 0.418 e. The van der Waals surface area contributed by atoms with Crippen molar-refractivity contribution in [2.24, 2.45) is 10.9 Å². The van der Waals surface area contributed by atoms with Gasteiger partial charge in [0.25, 0.3) is 5.56 Å². The number of imidazole rings is 1. The fourth-order valence-electron chi connectivity index (χ4n) is 3.69. The normalized spacial score (nSPS) is 13.5. The molecule has 1 atom stereocenters. The van der Waals surface area contributed by atoms with Crippen molar-refractivity contribution in [2.45, 2.75) is 18.8 Å². The van der Waals surface area contributed by atoms with Crippen LogP contribution in [0.25, 0.3) is 22.4 Å².